The summed E-state index contributed by atoms with van der Waals surface area (Å²) in [7, 11) is 0. The van der Waals surface area contributed by atoms with E-state index in [1.807, 2.05) is 10.8 Å². The van der Waals surface area contributed by atoms with Gasteiger partial charge in [0.05, 0.1) is 11.9 Å². The van der Waals surface area contributed by atoms with Crippen LogP contribution in [0.4, 0.5) is 0 Å². The van der Waals surface area contributed by atoms with Crippen LogP contribution in [0, 0.1) is 5.92 Å². The van der Waals surface area contributed by atoms with Gasteiger partial charge in [0.15, 0.2) is 5.78 Å². The number of ether oxygens (including phenoxy) is 1. The van der Waals surface area contributed by atoms with Crippen LogP contribution in [0.5, 0.6) is 0 Å². The molecule has 1 aromatic heterocycles. The predicted molar refractivity (Wildman–Crippen MR) is 75.5 cm³/mol. The molecule has 0 radical (unpaired) electrons. The highest BCUT2D eigenvalue weighted by Gasteiger charge is 2.42. The van der Waals surface area contributed by atoms with Gasteiger partial charge < -0.3 is 15.0 Å². The Balaban J connectivity index is 1.69. The first-order valence-electron chi connectivity index (χ1n) is 7.62. The first-order valence-corrected chi connectivity index (χ1v) is 7.62. The van der Waals surface area contributed by atoms with E-state index in [9.17, 15) is 4.79 Å². The van der Waals surface area contributed by atoms with E-state index < -0.39 is 0 Å². The molecule has 0 amide bonds. The van der Waals surface area contributed by atoms with Crippen LogP contribution in [-0.4, -0.2) is 34.1 Å². The molecular weight excluding hydrogens is 254 g/mol. The maximum Gasteiger partial charge on any atom is 0.186 e. The van der Waals surface area contributed by atoms with Crippen molar-refractivity contribution in [2.75, 3.05) is 13.2 Å². The summed E-state index contributed by atoms with van der Waals surface area (Å²) in [6.07, 6.45) is 9.89. The number of hydrogen-bond acceptors (Lipinski definition) is 4. The van der Waals surface area contributed by atoms with Gasteiger partial charge in [0.2, 0.25) is 0 Å². The zero-order valence-electron chi connectivity index (χ0n) is 11.9. The van der Waals surface area contributed by atoms with E-state index in [1.54, 1.807) is 6.33 Å². The molecular formula is C15H23N3O2. The van der Waals surface area contributed by atoms with E-state index in [0.29, 0.717) is 25.4 Å². The minimum absolute atomic E-state index is 0.0155. The Hall–Kier alpha value is -1.20. The summed E-state index contributed by atoms with van der Waals surface area (Å²) in [6.45, 7) is 1.97. The van der Waals surface area contributed by atoms with Crippen LogP contribution in [-0.2, 0) is 11.3 Å². The van der Waals surface area contributed by atoms with Crippen molar-refractivity contribution in [2.45, 2.75) is 50.7 Å². The second-order valence-corrected chi connectivity index (χ2v) is 6.08. The fraction of sp³-hybridized carbons (Fsp3) is 0.733. The van der Waals surface area contributed by atoms with E-state index in [2.05, 4.69) is 4.98 Å². The molecule has 0 bridgehead atoms. The number of ketones is 1. The molecule has 1 saturated carbocycles. The summed E-state index contributed by atoms with van der Waals surface area (Å²) in [5.74, 6) is 0.249. The molecule has 1 saturated heterocycles. The lowest BCUT2D eigenvalue weighted by molar-refractivity contribution is -0.0866. The number of carbonyl (C=O) groups excluding carboxylic acids is 1. The van der Waals surface area contributed by atoms with Crippen LogP contribution in [0.2, 0.25) is 0 Å². The number of nitrogens with two attached hydrogens (primary N) is 1. The summed E-state index contributed by atoms with van der Waals surface area (Å²) in [5, 5.41) is 0. The van der Waals surface area contributed by atoms with Crippen molar-refractivity contribution in [2.24, 2.45) is 11.7 Å². The van der Waals surface area contributed by atoms with Crippen molar-refractivity contribution in [3.8, 4) is 0 Å². The maximum absolute atomic E-state index is 12.6. The molecule has 2 heterocycles. The number of Topliss-reactive ketones (excluding diaryl/α,β-unsaturated/α-hetero) is 1. The quantitative estimate of drug-likeness (QED) is 0.851. The number of nitrogens with zero attached hydrogens (tertiary/aromatic N) is 2. The summed E-state index contributed by atoms with van der Waals surface area (Å²) in [6, 6.07) is 0. The monoisotopic (exact) mass is 277 g/mol. The fourth-order valence-electron chi connectivity index (χ4n) is 3.59. The third kappa shape index (κ3) is 2.65. The molecule has 1 spiro atoms. The van der Waals surface area contributed by atoms with Crippen molar-refractivity contribution < 1.29 is 9.53 Å². The van der Waals surface area contributed by atoms with Crippen molar-refractivity contribution in [3.63, 3.8) is 0 Å². The average Bonchev–Trinajstić information content (AvgIpc) is 3.09. The summed E-state index contributed by atoms with van der Waals surface area (Å²) in [4.78, 5) is 16.8. The molecule has 1 atom stereocenters. The number of aromatic nitrogens is 2. The standard InChI is InChI=1S/C15H23N3O2/c16-6-7-18-10-13(17-11-18)14(19)12-3-8-20-15(9-12)4-1-2-5-15/h10-12H,1-9,16H2. The smallest absolute Gasteiger partial charge is 0.186 e. The van der Waals surface area contributed by atoms with Crippen molar-refractivity contribution in [3.05, 3.63) is 18.2 Å². The van der Waals surface area contributed by atoms with Gasteiger partial charge in [0.1, 0.15) is 5.69 Å². The van der Waals surface area contributed by atoms with Gasteiger partial charge in [-0.15, -0.1) is 0 Å². The van der Waals surface area contributed by atoms with Gasteiger partial charge in [0, 0.05) is 31.8 Å². The van der Waals surface area contributed by atoms with Crippen molar-refractivity contribution in [1.29, 1.82) is 0 Å². The molecule has 20 heavy (non-hydrogen) atoms. The highest BCUT2D eigenvalue weighted by atomic mass is 16.5. The molecule has 2 aliphatic rings. The summed E-state index contributed by atoms with van der Waals surface area (Å²) >= 11 is 0. The highest BCUT2D eigenvalue weighted by molar-refractivity contribution is 5.96. The lowest BCUT2D eigenvalue weighted by Crippen LogP contribution is -2.39. The van der Waals surface area contributed by atoms with Gasteiger partial charge in [-0.05, 0) is 25.7 Å². The average molecular weight is 277 g/mol. The molecule has 110 valence electrons. The molecule has 1 aliphatic heterocycles. The van der Waals surface area contributed by atoms with E-state index in [4.69, 9.17) is 10.5 Å². The van der Waals surface area contributed by atoms with E-state index in [1.165, 1.54) is 12.8 Å². The van der Waals surface area contributed by atoms with Crippen molar-refractivity contribution >= 4 is 5.78 Å². The lowest BCUT2D eigenvalue weighted by atomic mass is 9.82. The second kappa shape index (κ2) is 5.66. The molecule has 5 nitrogen and oxygen atoms in total. The van der Waals surface area contributed by atoms with Crippen LogP contribution in [0.1, 0.15) is 49.0 Å². The van der Waals surface area contributed by atoms with Gasteiger partial charge >= 0.3 is 0 Å². The number of imidazole rings is 1. The maximum atomic E-state index is 12.6. The van der Waals surface area contributed by atoms with Crippen LogP contribution in [0.25, 0.3) is 0 Å². The third-order valence-corrected chi connectivity index (χ3v) is 4.65. The molecule has 1 aromatic rings. The molecule has 0 aromatic carbocycles. The van der Waals surface area contributed by atoms with Crippen LogP contribution in [0.3, 0.4) is 0 Å². The Morgan fingerprint density at radius 3 is 3.05 bits per heavy atom. The molecule has 2 N–H and O–H groups in total. The first-order chi connectivity index (χ1) is 9.72. The minimum Gasteiger partial charge on any atom is -0.375 e. The van der Waals surface area contributed by atoms with Crippen molar-refractivity contribution in [1.82, 2.24) is 9.55 Å². The number of hydrogen-bond donors (Lipinski definition) is 1. The fourth-order valence-corrected chi connectivity index (χ4v) is 3.59. The first kappa shape index (κ1) is 13.8. The second-order valence-electron chi connectivity index (χ2n) is 6.08. The zero-order chi connectivity index (χ0) is 14.0. The van der Waals surface area contributed by atoms with E-state index in [0.717, 1.165) is 25.7 Å². The van der Waals surface area contributed by atoms with E-state index in [-0.39, 0.29) is 17.3 Å². The van der Waals surface area contributed by atoms with Crippen LogP contribution < -0.4 is 5.73 Å². The van der Waals surface area contributed by atoms with Gasteiger partial charge in [-0.3, -0.25) is 4.79 Å². The molecule has 2 fully saturated rings. The third-order valence-electron chi connectivity index (χ3n) is 4.65. The van der Waals surface area contributed by atoms with Crippen LogP contribution >= 0.6 is 0 Å². The summed E-state index contributed by atoms with van der Waals surface area (Å²) < 4.78 is 7.88. The Labute approximate surface area is 119 Å². The Kier molecular flexibility index (Phi) is 3.89. The Morgan fingerprint density at radius 1 is 1.50 bits per heavy atom. The zero-order valence-corrected chi connectivity index (χ0v) is 11.9. The lowest BCUT2D eigenvalue weighted by Gasteiger charge is -2.37. The molecule has 3 rings (SSSR count). The molecule has 1 unspecified atom stereocenters. The number of carbonyl (C=O) groups is 1. The predicted octanol–water partition coefficient (Wildman–Crippen LogP) is 1.76. The van der Waals surface area contributed by atoms with Gasteiger partial charge in [-0.2, -0.15) is 0 Å². The van der Waals surface area contributed by atoms with Gasteiger partial charge in [-0.25, -0.2) is 4.98 Å². The van der Waals surface area contributed by atoms with E-state index >= 15 is 0 Å². The SMILES string of the molecule is NCCn1cnc(C(=O)C2CCOC3(CCCC3)C2)c1. The summed E-state index contributed by atoms with van der Waals surface area (Å²) in [5.41, 5.74) is 6.08. The molecule has 1 aliphatic carbocycles. The largest absolute Gasteiger partial charge is 0.375 e. The van der Waals surface area contributed by atoms with Gasteiger partial charge in [0.25, 0.3) is 0 Å². The normalized spacial score (nSPS) is 25.1. The van der Waals surface area contributed by atoms with Gasteiger partial charge in [-0.1, -0.05) is 12.8 Å². The molecule has 5 heteroatoms. The topological polar surface area (TPSA) is 70.1 Å². The Morgan fingerprint density at radius 2 is 2.30 bits per heavy atom. The number of rotatable bonds is 4. The van der Waals surface area contributed by atoms with Crippen LogP contribution in [0.15, 0.2) is 12.5 Å². The minimum atomic E-state index is -0.0155. The Bertz CT molecular complexity index is 477. The highest BCUT2D eigenvalue weighted by Crippen LogP contribution is 2.42.